The van der Waals surface area contributed by atoms with Crippen molar-refractivity contribution in [2.45, 2.75) is 34.6 Å². The van der Waals surface area contributed by atoms with Gasteiger partial charge in [-0.2, -0.15) is 0 Å². The molecule has 1 amide bonds. The lowest BCUT2D eigenvalue weighted by molar-refractivity contribution is 0.102. The molecule has 0 unspecified atom stereocenters. The van der Waals surface area contributed by atoms with Gasteiger partial charge in [-0.3, -0.25) is 9.78 Å². The molecule has 1 aromatic carbocycles. The Morgan fingerprint density at radius 2 is 1.96 bits per heavy atom. The number of ether oxygens (including phenoxy) is 1. The predicted octanol–water partition coefficient (Wildman–Crippen LogP) is 4.29. The molecule has 1 aromatic heterocycles. The van der Waals surface area contributed by atoms with Gasteiger partial charge in [0.1, 0.15) is 5.75 Å². The van der Waals surface area contributed by atoms with E-state index >= 15 is 0 Å². The van der Waals surface area contributed by atoms with Crippen LogP contribution in [0.3, 0.4) is 0 Å². The predicted molar refractivity (Wildman–Crippen MR) is 93.2 cm³/mol. The Morgan fingerprint density at radius 1 is 1.22 bits per heavy atom. The number of pyridine rings is 1. The minimum absolute atomic E-state index is 0.156. The summed E-state index contributed by atoms with van der Waals surface area (Å²) in [6.07, 6.45) is 0. The maximum atomic E-state index is 12.5. The first-order chi connectivity index (χ1) is 10.9. The molecule has 0 atom stereocenters. The van der Waals surface area contributed by atoms with Gasteiger partial charge in [-0.25, -0.2) is 0 Å². The molecule has 0 aliphatic carbocycles. The smallest absolute Gasteiger partial charge is 0.255 e. The molecule has 2 rings (SSSR count). The molecular formula is C19H24N2O2. The van der Waals surface area contributed by atoms with Gasteiger partial charge in [0.2, 0.25) is 0 Å². The van der Waals surface area contributed by atoms with Crippen LogP contribution in [0, 0.1) is 26.7 Å². The van der Waals surface area contributed by atoms with E-state index in [1.54, 1.807) is 12.1 Å². The molecule has 0 aliphatic heterocycles. The topological polar surface area (TPSA) is 51.2 Å². The van der Waals surface area contributed by atoms with E-state index in [1.165, 1.54) is 0 Å². The third-order valence-corrected chi connectivity index (χ3v) is 3.44. The van der Waals surface area contributed by atoms with Crippen LogP contribution in [0.15, 0.2) is 30.3 Å². The van der Waals surface area contributed by atoms with Crippen LogP contribution in [-0.4, -0.2) is 17.5 Å². The average Bonchev–Trinajstić information content (AvgIpc) is 2.49. The van der Waals surface area contributed by atoms with Gasteiger partial charge < -0.3 is 10.1 Å². The molecule has 0 saturated carbocycles. The Hall–Kier alpha value is -2.36. The molecule has 4 heteroatoms. The Balaban J connectivity index is 2.17. The van der Waals surface area contributed by atoms with Crippen molar-refractivity contribution in [2.75, 3.05) is 11.9 Å². The van der Waals surface area contributed by atoms with Crippen molar-refractivity contribution in [3.63, 3.8) is 0 Å². The molecule has 0 saturated heterocycles. The maximum absolute atomic E-state index is 12.5. The zero-order chi connectivity index (χ0) is 17.0. The second-order valence-electron chi connectivity index (χ2n) is 6.23. The van der Waals surface area contributed by atoms with Crippen LogP contribution >= 0.6 is 0 Å². The third-order valence-electron chi connectivity index (χ3n) is 3.44. The number of carbonyl (C=O) groups is 1. The Morgan fingerprint density at radius 3 is 2.61 bits per heavy atom. The largest absolute Gasteiger partial charge is 0.493 e. The highest BCUT2D eigenvalue weighted by atomic mass is 16.5. The summed E-state index contributed by atoms with van der Waals surface area (Å²) in [5, 5.41) is 2.96. The van der Waals surface area contributed by atoms with Gasteiger partial charge in [-0.1, -0.05) is 19.9 Å². The van der Waals surface area contributed by atoms with Crippen LogP contribution in [0.1, 0.15) is 41.2 Å². The third kappa shape index (κ3) is 4.55. The number of nitrogens with one attached hydrogen (secondary N) is 1. The van der Waals surface area contributed by atoms with E-state index in [4.69, 9.17) is 4.74 Å². The minimum Gasteiger partial charge on any atom is -0.493 e. The molecule has 0 bridgehead atoms. The molecule has 0 aliphatic rings. The first-order valence-corrected chi connectivity index (χ1v) is 7.86. The van der Waals surface area contributed by atoms with E-state index in [0.717, 1.165) is 22.6 Å². The number of amides is 1. The van der Waals surface area contributed by atoms with Crippen LogP contribution < -0.4 is 10.1 Å². The van der Waals surface area contributed by atoms with Gasteiger partial charge in [0.05, 0.1) is 18.0 Å². The standard InChI is InChI=1S/C19H24N2O2/c1-12(2)11-23-17-8-6-7-16(10-17)19(22)21-18-13(3)9-14(4)20-15(18)5/h6-10,12H,11H2,1-5H3,(H,21,22). The summed E-state index contributed by atoms with van der Waals surface area (Å²) in [4.78, 5) is 16.9. The zero-order valence-electron chi connectivity index (χ0n) is 14.4. The van der Waals surface area contributed by atoms with E-state index < -0.39 is 0 Å². The normalized spacial score (nSPS) is 10.7. The van der Waals surface area contributed by atoms with Gasteiger partial charge in [-0.05, 0) is 56.5 Å². The van der Waals surface area contributed by atoms with Crippen molar-refractivity contribution >= 4 is 11.6 Å². The van der Waals surface area contributed by atoms with Crippen molar-refractivity contribution in [1.29, 1.82) is 0 Å². The molecule has 0 fully saturated rings. The number of aromatic nitrogens is 1. The lowest BCUT2D eigenvalue weighted by atomic mass is 10.1. The van der Waals surface area contributed by atoms with Crippen LogP contribution in [0.2, 0.25) is 0 Å². The number of benzene rings is 1. The van der Waals surface area contributed by atoms with E-state index in [1.807, 2.05) is 39.0 Å². The summed E-state index contributed by atoms with van der Waals surface area (Å²) < 4.78 is 5.68. The summed E-state index contributed by atoms with van der Waals surface area (Å²) in [5.41, 5.74) is 4.13. The number of hydrogen-bond donors (Lipinski definition) is 1. The molecule has 1 heterocycles. The fourth-order valence-corrected chi connectivity index (χ4v) is 2.39. The van der Waals surface area contributed by atoms with Crippen LogP contribution in [0.4, 0.5) is 5.69 Å². The van der Waals surface area contributed by atoms with E-state index in [9.17, 15) is 4.79 Å². The summed E-state index contributed by atoms with van der Waals surface area (Å²) in [6, 6.07) is 9.21. The number of rotatable bonds is 5. The van der Waals surface area contributed by atoms with Crippen molar-refractivity contribution in [3.8, 4) is 5.75 Å². The lowest BCUT2D eigenvalue weighted by Gasteiger charge is -2.13. The Bertz CT molecular complexity index is 685. The number of aryl methyl sites for hydroxylation is 3. The highest BCUT2D eigenvalue weighted by Crippen LogP contribution is 2.21. The Kier molecular flexibility index (Phi) is 5.37. The average molecular weight is 312 g/mol. The molecule has 2 aromatic rings. The van der Waals surface area contributed by atoms with Crippen LogP contribution in [0.5, 0.6) is 5.75 Å². The Labute approximate surface area is 137 Å². The quantitative estimate of drug-likeness (QED) is 0.896. The number of anilines is 1. The van der Waals surface area contributed by atoms with Gasteiger partial charge in [0, 0.05) is 11.3 Å². The number of hydrogen-bond acceptors (Lipinski definition) is 3. The highest BCUT2D eigenvalue weighted by Gasteiger charge is 2.12. The molecule has 4 nitrogen and oxygen atoms in total. The SMILES string of the molecule is Cc1cc(C)c(NC(=O)c2cccc(OCC(C)C)c2)c(C)n1. The van der Waals surface area contributed by atoms with Crippen LogP contribution in [0.25, 0.3) is 0 Å². The number of carbonyl (C=O) groups excluding carboxylic acids is 1. The second kappa shape index (κ2) is 7.27. The summed E-state index contributed by atoms with van der Waals surface area (Å²) in [5.74, 6) is 0.995. The lowest BCUT2D eigenvalue weighted by Crippen LogP contribution is -2.15. The fourth-order valence-electron chi connectivity index (χ4n) is 2.39. The summed E-state index contributed by atoms with van der Waals surface area (Å²) in [7, 11) is 0. The van der Waals surface area contributed by atoms with Gasteiger partial charge in [0.25, 0.3) is 5.91 Å². The van der Waals surface area contributed by atoms with Crippen LogP contribution in [-0.2, 0) is 0 Å². The maximum Gasteiger partial charge on any atom is 0.255 e. The fraction of sp³-hybridized carbons (Fsp3) is 0.368. The van der Waals surface area contributed by atoms with E-state index in [0.29, 0.717) is 23.8 Å². The monoisotopic (exact) mass is 312 g/mol. The number of nitrogens with zero attached hydrogens (tertiary/aromatic N) is 1. The molecule has 0 radical (unpaired) electrons. The van der Waals surface area contributed by atoms with Crippen molar-refractivity contribution in [2.24, 2.45) is 5.92 Å². The van der Waals surface area contributed by atoms with E-state index in [2.05, 4.69) is 24.1 Å². The zero-order valence-corrected chi connectivity index (χ0v) is 14.4. The first kappa shape index (κ1) is 17.0. The molecule has 23 heavy (non-hydrogen) atoms. The summed E-state index contributed by atoms with van der Waals surface area (Å²) in [6.45, 7) is 10.6. The van der Waals surface area contributed by atoms with E-state index in [-0.39, 0.29) is 5.91 Å². The molecule has 122 valence electrons. The molecule has 0 spiro atoms. The first-order valence-electron chi connectivity index (χ1n) is 7.86. The highest BCUT2D eigenvalue weighted by molar-refractivity contribution is 6.05. The van der Waals surface area contributed by atoms with Crippen molar-refractivity contribution < 1.29 is 9.53 Å². The van der Waals surface area contributed by atoms with Gasteiger partial charge in [0.15, 0.2) is 0 Å². The molecule has 1 N–H and O–H groups in total. The summed E-state index contributed by atoms with van der Waals surface area (Å²) >= 11 is 0. The minimum atomic E-state index is -0.156. The second-order valence-corrected chi connectivity index (χ2v) is 6.23. The van der Waals surface area contributed by atoms with Crippen molar-refractivity contribution in [3.05, 3.63) is 52.8 Å². The van der Waals surface area contributed by atoms with Gasteiger partial charge in [-0.15, -0.1) is 0 Å². The van der Waals surface area contributed by atoms with Gasteiger partial charge >= 0.3 is 0 Å². The van der Waals surface area contributed by atoms with Crippen molar-refractivity contribution in [1.82, 2.24) is 4.98 Å². The molecular weight excluding hydrogens is 288 g/mol.